The predicted molar refractivity (Wildman–Crippen MR) is 73.3 cm³/mol. The van der Waals surface area contributed by atoms with Crippen LogP contribution in [0.15, 0.2) is 24.3 Å². The zero-order valence-electron chi connectivity index (χ0n) is 10.8. The van der Waals surface area contributed by atoms with Crippen LogP contribution in [0.5, 0.6) is 0 Å². The van der Waals surface area contributed by atoms with Crippen molar-refractivity contribution in [3.8, 4) is 0 Å². The molecule has 0 aliphatic heterocycles. The smallest absolute Gasteiger partial charge is 0.0708 e. The van der Waals surface area contributed by atoms with Crippen molar-refractivity contribution in [2.45, 2.75) is 33.1 Å². The Morgan fingerprint density at radius 2 is 2.06 bits per heavy atom. The van der Waals surface area contributed by atoms with E-state index in [1.165, 1.54) is 16.5 Å². The van der Waals surface area contributed by atoms with Gasteiger partial charge in [0.05, 0.1) is 5.52 Å². The molecule has 17 heavy (non-hydrogen) atoms. The molecule has 2 heteroatoms. The standard InChI is InChI=1S/C15H20N2/c1-4-12-5-6-14-13(8-12)10(2)7-15(17-14)11(3)9-16/h5-8,11H,4,9,16H2,1-3H3. The number of hydrogen-bond donors (Lipinski definition) is 1. The highest BCUT2D eigenvalue weighted by Gasteiger charge is 2.08. The van der Waals surface area contributed by atoms with Crippen molar-refractivity contribution in [1.29, 1.82) is 0 Å². The summed E-state index contributed by atoms with van der Waals surface area (Å²) in [5.74, 6) is 0.323. The first-order valence-electron chi connectivity index (χ1n) is 6.26. The normalized spacial score (nSPS) is 12.9. The first kappa shape index (κ1) is 12.1. The topological polar surface area (TPSA) is 38.9 Å². The van der Waals surface area contributed by atoms with Crippen molar-refractivity contribution in [1.82, 2.24) is 4.98 Å². The van der Waals surface area contributed by atoms with Crippen LogP contribution in [0.4, 0.5) is 0 Å². The summed E-state index contributed by atoms with van der Waals surface area (Å²) in [6.45, 7) is 7.09. The van der Waals surface area contributed by atoms with Crippen molar-refractivity contribution in [3.05, 3.63) is 41.1 Å². The molecular weight excluding hydrogens is 208 g/mol. The Balaban J connectivity index is 2.59. The summed E-state index contributed by atoms with van der Waals surface area (Å²) < 4.78 is 0. The Morgan fingerprint density at radius 1 is 1.29 bits per heavy atom. The fourth-order valence-electron chi connectivity index (χ4n) is 2.06. The lowest BCUT2D eigenvalue weighted by Crippen LogP contribution is -2.10. The number of nitrogens with two attached hydrogens (primary N) is 1. The minimum Gasteiger partial charge on any atom is -0.330 e. The molecule has 2 N–H and O–H groups in total. The molecule has 0 amide bonds. The van der Waals surface area contributed by atoms with Crippen LogP contribution in [0.3, 0.4) is 0 Å². The maximum absolute atomic E-state index is 5.70. The molecule has 2 aromatic rings. The van der Waals surface area contributed by atoms with Gasteiger partial charge in [-0.2, -0.15) is 0 Å². The fraction of sp³-hybridized carbons (Fsp3) is 0.400. The fourth-order valence-corrected chi connectivity index (χ4v) is 2.06. The number of fused-ring (bicyclic) bond motifs is 1. The van der Waals surface area contributed by atoms with Crippen molar-refractivity contribution in [2.24, 2.45) is 5.73 Å². The summed E-state index contributed by atoms with van der Waals surface area (Å²) in [6, 6.07) is 8.69. The molecule has 1 aromatic heterocycles. The minimum atomic E-state index is 0.323. The summed E-state index contributed by atoms with van der Waals surface area (Å²) in [4.78, 5) is 4.70. The number of aromatic nitrogens is 1. The summed E-state index contributed by atoms with van der Waals surface area (Å²) in [5, 5.41) is 1.26. The van der Waals surface area contributed by atoms with Crippen LogP contribution >= 0.6 is 0 Å². The van der Waals surface area contributed by atoms with Crippen LogP contribution < -0.4 is 5.73 Å². The van der Waals surface area contributed by atoms with Crippen LogP contribution in [0.1, 0.15) is 36.6 Å². The predicted octanol–water partition coefficient (Wildman–Crippen LogP) is 3.17. The van der Waals surface area contributed by atoms with Crippen LogP contribution in [0.2, 0.25) is 0 Å². The average Bonchev–Trinajstić information content (AvgIpc) is 2.37. The van der Waals surface area contributed by atoms with Gasteiger partial charge in [-0.25, -0.2) is 0 Å². The van der Waals surface area contributed by atoms with E-state index < -0.39 is 0 Å². The largest absolute Gasteiger partial charge is 0.330 e. The number of pyridine rings is 1. The van der Waals surface area contributed by atoms with Gasteiger partial charge in [0, 0.05) is 23.5 Å². The molecule has 90 valence electrons. The van der Waals surface area contributed by atoms with Gasteiger partial charge in [-0.05, 0) is 42.7 Å². The third-order valence-electron chi connectivity index (χ3n) is 3.37. The van der Waals surface area contributed by atoms with Crippen LogP contribution in [-0.2, 0) is 6.42 Å². The Morgan fingerprint density at radius 3 is 2.71 bits per heavy atom. The van der Waals surface area contributed by atoms with Gasteiger partial charge >= 0.3 is 0 Å². The van der Waals surface area contributed by atoms with E-state index in [2.05, 4.69) is 45.0 Å². The number of benzene rings is 1. The van der Waals surface area contributed by atoms with Gasteiger partial charge in [0.25, 0.3) is 0 Å². The maximum Gasteiger partial charge on any atom is 0.0708 e. The van der Waals surface area contributed by atoms with Gasteiger partial charge < -0.3 is 5.73 Å². The van der Waals surface area contributed by atoms with Crippen molar-refractivity contribution in [2.75, 3.05) is 6.54 Å². The molecule has 0 saturated carbocycles. The lowest BCUT2D eigenvalue weighted by atomic mass is 10.0. The second-order valence-electron chi connectivity index (χ2n) is 4.71. The highest BCUT2D eigenvalue weighted by molar-refractivity contribution is 5.83. The monoisotopic (exact) mass is 228 g/mol. The van der Waals surface area contributed by atoms with Gasteiger partial charge in [-0.15, -0.1) is 0 Å². The molecule has 0 saturated heterocycles. The first-order chi connectivity index (χ1) is 8.15. The molecule has 0 aliphatic rings. The molecule has 1 atom stereocenters. The van der Waals surface area contributed by atoms with Crippen molar-refractivity contribution < 1.29 is 0 Å². The Labute approximate surface area is 103 Å². The molecule has 1 heterocycles. The Hall–Kier alpha value is -1.41. The molecule has 0 aliphatic carbocycles. The summed E-state index contributed by atoms with van der Waals surface area (Å²) in [5.41, 5.74) is 10.5. The van der Waals surface area contributed by atoms with E-state index in [0.717, 1.165) is 17.6 Å². The first-order valence-corrected chi connectivity index (χ1v) is 6.26. The molecule has 0 radical (unpaired) electrons. The lowest BCUT2D eigenvalue weighted by Gasteiger charge is -2.12. The molecule has 1 unspecified atom stereocenters. The van der Waals surface area contributed by atoms with Gasteiger partial charge in [0.15, 0.2) is 0 Å². The number of aryl methyl sites for hydroxylation is 2. The highest BCUT2D eigenvalue weighted by atomic mass is 14.7. The molecule has 0 spiro atoms. The number of hydrogen-bond acceptors (Lipinski definition) is 2. The van der Waals surface area contributed by atoms with Crippen molar-refractivity contribution in [3.63, 3.8) is 0 Å². The highest BCUT2D eigenvalue weighted by Crippen LogP contribution is 2.22. The van der Waals surface area contributed by atoms with Gasteiger partial charge in [0.1, 0.15) is 0 Å². The molecule has 0 bridgehead atoms. The molecule has 0 fully saturated rings. The van der Waals surface area contributed by atoms with E-state index >= 15 is 0 Å². The van der Waals surface area contributed by atoms with Crippen LogP contribution in [0, 0.1) is 6.92 Å². The summed E-state index contributed by atoms with van der Waals surface area (Å²) >= 11 is 0. The van der Waals surface area contributed by atoms with E-state index in [1.807, 2.05) is 0 Å². The van der Waals surface area contributed by atoms with Crippen LogP contribution in [0.25, 0.3) is 10.9 Å². The van der Waals surface area contributed by atoms with E-state index in [4.69, 9.17) is 10.7 Å². The SMILES string of the molecule is CCc1ccc2nc(C(C)CN)cc(C)c2c1. The van der Waals surface area contributed by atoms with Gasteiger partial charge in [-0.3, -0.25) is 4.98 Å². The third kappa shape index (κ3) is 2.32. The van der Waals surface area contributed by atoms with Crippen LogP contribution in [-0.4, -0.2) is 11.5 Å². The molecule has 2 nitrogen and oxygen atoms in total. The molecule has 1 aromatic carbocycles. The van der Waals surface area contributed by atoms with E-state index in [9.17, 15) is 0 Å². The maximum atomic E-state index is 5.70. The second-order valence-corrected chi connectivity index (χ2v) is 4.71. The van der Waals surface area contributed by atoms with E-state index in [0.29, 0.717) is 12.5 Å². The van der Waals surface area contributed by atoms with E-state index in [-0.39, 0.29) is 0 Å². The average molecular weight is 228 g/mol. The second kappa shape index (κ2) is 4.84. The third-order valence-corrected chi connectivity index (χ3v) is 3.37. The zero-order chi connectivity index (χ0) is 12.4. The molecular formula is C15H20N2. The Kier molecular flexibility index (Phi) is 3.43. The van der Waals surface area contributed by atoms with E-state index in [1.54, 1.807) is 0 Å². The lowest BCUT2D eigenvalue weighted by molar-refractivity contribution is 0.748. The Bertz CT molecular complexity index is 532. The number of rotatable bonds is 3. The summed E-state index contributed by atoms with van der Waals surface area (Å²) in [7, 11) is 0. The zero-order valence-corrected chi connectivity index (χ0v) is 10.8. The van der Waals surface area contributed by atoms with Gasteiger partial charge in [-0.1, -0.05) is 19.9 Å². The quantitative estimate of drug-likeness (QED) is 0.876. The summed E-state index contributed by atoms with van der Waals surface area (Å²) in [6.07, 6.45) is 1.07. The minimum absolute atomic E-state index is 0.323. The van der Waals surface area contributed by atoms with Gasteiger partial charge in [0.2, 0.25) is 0 Å². The van der Waals surface area contributed by atoms with Crippen molar-refractivity contribution >= 4 is 10.9 Å². The molecule has 2 rings (SSSR count). The number of nitrogens with zero attached hydrogens (tertiary/aromatic N) is 1.